The number of methoxy groups -OCH3 is 1. The predicted molar refractivity (Wildman–Crippen MR) is 84.0 cm³/mol. The number of carbonyl (C=O) groups is 2. The van der Waals surface area contributed by atoms with Crippen molar-refractivity contribution in [1.29, 1.82) is 0 Å². The number of carbonyl (C=O) groups excluding carboxylic acids is 2. The summed E-state index contributed by atoms with van der Waals surface area (Å²) in [5.74, 6) is 0.312. The maximum Gasteiger partial charge on any atom is 0.313 e. The lowest BCUT2D eigenvalue weighted by Gasteiger charge is -2.15. The lowest BCUT2D eigenvalue weighted by atomic mass is 10.1. The van der Waals surface area contributed by atoms with E-state index in [2.05, 4.69) is 0 Å². The number of hydrogen-bond acceptors (Lipinski definition) is 5. The van der Waals surface area contributed by atoms with Crippen LogP contribution in [0.5, 0.6) is 11.5 Å². The molecule has 0 aliphatic rings. The van der Waals surface area contributed by atoms with E-state index in [9.17, 15) is 9.59 Å². The molecule has 22 heavy (non-hydrogen) atoms. The van der Waals surface area contributed by atoms with Gasteiger partial charge in [-0.2, -0.15) is 0 Å². The molecule has 0 radical (unpaired) electrons. The summed E-state index contributed by atoms with van der Waals surface area (Å²) in [5, 5.41) is 0. The number of benzene rings is 1. The molecule has 120 valence electrons. The summed E-state index contributed by atoms with van der Waals surface area (Å²) in [6, 6.07) is 5.41. The van der Waals surface area contributed by atoms with E-state index in [1.54, 1.807) is 26.2 Å². The van der Waals surface area contributed by atoms with E-state index < -0.39 is 5.97 Å². The highest BCUT2D eigenvalue weighted by atomic mass is 16.5. The van der Waals surface area contributed by atoms with Crippen molar-refractivity contribution in [3.8, 4) is 11.5 Å². The smallest absolute Gasteiger partial charge is 0.313 e. The van der Waals surface area contributed by atoms with Crippen molar-refractivity contribution in [1.82, 2.24) is 0 Å². The van der Waals surface area contributed by atoms with Crippen LogP contribution < -0.4 is 9.47 Å². The Bertz CT molecular complexity index is 546. The Balaban J connectivity index is 2.89. The van der Waals surface area contributed by atoms with Gasteiger partial charge in [-0.15, -0.1) is 0 Å². The van der Waals surface area contributed by atoms with E-state index in [0.29, 0.717) is 17.1 Å². The number of allylic oxidation sites excluding steroid dienone is 1. The molecule has 0 heterocycles. The SMILES string of the molecule is CCOC(=O)CC(=O)C=Cc1cccc(OC)c1OC(C)C. The summed E-state index contributed by atoms with van der Waals surface area (Å²) in [5.41, 5.74) is 0.713. The van der Waals surface area contributed by atoms with Crippen LogP contribution in [0.3, 0.4) is 0 Å². The molecular formula is C17H22O5. The van der Waals surface area contributed by atoms with Crippen molar-refractivity contribution in [2.75, 3.05) is 13.7 Å². The molecule has 0 aromatic heterocycles. The van der Waals surface area contributed by atoms with Crippen molar-refractivity contribution in [2.24, 2.45) is 0 Å². The second-order valence-electron chi connectivity index (χ2n) is 4.83. The van der Waals surface area contributed by atoms with Crippen molar-refractivity contribution in [2.45, 2.75) is 33.3 Å². The Hall–Kier alpha value is -2.30. The van der Waals surface area contributed by atoms with E-state index in [0.717, 1.165) is 0 Å². The molecule has 0 saturated heterocycles. The Kier molecular flexibility index (Phi) is 7.16. The number of para-hydroxylation sites is 1. The highest BCUT2D eigenvalue weighted by Crippen LogP contribution is 2.32. The largest absolute Gasteiger partial charge is 0.493 e. The number of esters is 1. The molecule has 1 aromatic carbocycles. The fourth-order valence-electron chi connectivity index (χ4n) is 1.78. The molecule has 0 amide bonds. The highest BCUT2D eigenvalue weighted by Gasteiger charge is 2.11. The third-order valence-electron chi connectivity index (χ3n) is 2.66. The zero-order valence-corrected chi connectivity index (χ0v) is 13.4. The van der Waals surface area contributed by atoms with Crippen LogP contribution in [-0.4, -0.2) is 31.6 Å². The first-order valence-electron chi connectivity index (χ1n) is 7.18. The van der Waals surface area contributed by atoms with Gasteiger partial charge in [0.15, 0.2) is 17.3 Å². The third kappa shape index (κ3) is 5.60. The average molecular weight is 306 g/mol. The number of ether oxygens (including phenoxy) is 3. The van der Waals surface area contributed by atoms with Crippen LogP contribution in [0.1, 0.15) is 32.8 Å². The van der Waals surface area contributed by atoms with E-state index in [1.807, 2.05) is 26.0 Å². The first-order valence-corrected chi connectivity index (χ1v) is 7.18. The van der Waals surface area contributed by atoms with Crippen molar-refractivity contribution >= 4 is 17.8 Å². The number of ketones is 1. The molecule has 5 heteroatoms. The van der Waals surface area contributed by atoms with Crippen LogP contribution in [-0.2, 0) is 14.3 Å². The fourth-order valence-corrected chi connectivity index (χ4v) is 1.78. The van der Waals surface area contributed by atoms with Crippen LogP contribution in [0.2, 0.25) is 0 Å². The molecule has 0 spiro atoms. The Labute approximate surface area is 130 Å². The minimum atomic E-state index is -0.526. The molecule has 0 saturated carbocycles. The van der Waals surface area contributed by atoms with Gasteiger partial charge in [-0.1, -0.05) is 12.1 Å². The van der Waals surface area contributed by atoms with Gasteiger partial charge in [0.1, 0.15) is 6.42 Å². The first kappa shape index (κ1) is 17.8. The minimum absolute atomic E-state index is 0.0290. The van der Waals surface area contributed by atoms with Crippen molar-refractivity contribution in [3.05, 3.63) is 29.8 Å². The number of rotatable bonds is 8. The van der Waals surface area contributed by atoms with Crippen LogP contribution in [0.25, 0.3) is 6.08 Å². The van der Waals surface area contributed by atoms with Gasteiger partial charge in [0.2, 0.25) is 0 Å². The van der Waals surface area contributed by atoms with E-state index in [1.165, 1.54) is 6.08 Å². The zero-order valence-electron chi connectivity index (χ0n) is 13.4. The zero-order chi connectivity index (χ0) is 16.5. The molecule has 0 aliphatic carbocycles. The maximum absolute atomic E-state index is 11.7. The van der Waals surface area contributed by atoms with Gasteiger partial charge in [0, 0.05) is 5.56 Å². The van der Waals surface area contributed by atoms with Gasteiger partial charge in [-0.25, -0.2) is 0 Å². The van der Waals surface area contributed by atoms with Crippen molar-refractivity contribution < 1.29 is 23.8 Å². The molecule has 0 aliphatic heterocycles. The summed E-state index contributed by atoms with van der Waals surface area (Å²) in [6.45, 7) is 5.78. The van der Waals surface area contributed by atoms with Crippen LogP contribution in [0.15, 0.2) is 24.3 Å². The molecular weight excluding hydrogens is 284 g/mol. The van der Waals surface area contributed by atoms with Gasteiger partial charge in [0.25, 0.3) is 0 Å². The van der Waals surface area contributed by atoms with Crippen LogP contribution in [0.4, 0.5) is 0 Å². The predicted octanol–water partition coefficient (Wildman–Crippen LogP) is 3.02. The molecule has 0 fully saturated rings. The highest BCUT2D eigenvalue weighted by molar-refractivity contribution is 6.04. The molecule has 0 N–H and O–H groups in total. The molecule has 1 rings (SSSR count). The lowest BCUT2D eigenvalue weighted by Crippen LogP contribution is -2.09. The monoisotopic (exact) mass is 306 g/mol. The first-order chi connectivity index (χ1) is 10.5. The summed E-state index contributed by atoms with van der Waals surface area (Å²) < 4.78 is 15.8. The number of hydrogen-bond donors (Lipinski definition) is 0. The Morgan fingerprint density at radius 1 is 1.27 bits per heavy atom. The van der Waals surface area contributed by atoms with E-state index >= 15 is 0 Å². The molecule has 1 aromatic rings. The molecule has 0 unspecified atom stereocenters. The van der Waals surface area contributed by atoms with Crippen molar-refractivity contribution in [3.63, 3.8) is 0 Å². The second kappa shape index (κ2) is 8.87. The Morgan fingerprint density at radius 3 is 2.59 bits per heavy atom. The second-order valence-corrected chi connectivity index (χ2v) is 4.83. The average Bonchev–Trinajstić information content (AvgIpc) is 2.45. The molecule has 5 nitrogen and oxygen atoms in total. The topological polar surface area (TPSA) is 61.8 Å². The van der Waals surface area contributed by atoms with Gasteiger partial charge >= 0.3 is 5.97 Å². The van der Waals surface area contributed by atoms with Gasteiger partial charge in [-0.3, -0.25) is 9.59 Å². The van der Waals surface area contributed by atoms with Gasteiger partial charge in [-0.05, 0) is 39.0 Å². The summed E-state index contributed by atoms with van der Waals surface area (Å²) in [6.07, 6.45) is 2.66. The van der Waals surface area contributed by atoms with Gasteiger partial charge in [0.05, 0.1) is 19.8 Å². The maximum atomic E-state index is 11.7. The minimum Gasteiger partial charge on any atom is -0.493 e. The lowest BCUT2D eigenvalue weighted by molar-refractivity contribution is -0.144. The van der Waals surface area contributed by atoms with Crippen LogP contribution in [0, 0.1) is 0 Å². The normalized spacial score (nSPS) is 10.8. The summed E-state index contributed by atoms with van der Waals surface area (Å²) in [7, 11) is 1.56. The Morgan fingerprint density at radius 2 is 2.00 bits per heavy atom. The van der Waals surface area contributed by atoms with Crippen LogP contribution >= 0.6 is 0 Å². The third-order valence-corrected chi connectivity index (χ3v) is 2.66. The molecule has 0 bridgehead atoms. The summed E-state index contributed by atoms with van der Waals surface area (Å²) >= 11 is 0. The van der Waals surface area contributed by atoms with Gasteiger partial charge < -0.3 is 14.2 Å². The standard InChI is InChI=1S/C17H22O5/c1-5-21-16(19)11-14(18)10-9-13-7-6-8-15(20-4)17(13)22-12(2)3/h6-10,12H,5,11H2,1-4H3. The summed E-state index contributed by atoms with van der Waals surface area (Å²) in [4.78, 5) is 23.0. The quantitative estimate of drug-likeness (QED) is 0.420. The van der Waals surface area contributed by atoms with E-state index in [-0.39, 0.29) is 24.9 Å². The fraction of sp³-hybridized carbons (Fsp3) is 0.412. The van der Waals surface area contributed by atoms with E-state index in [4.69, 9.17) is 14.2 Å². The molecule has 0 atom stereocenters.